The Kier molecular flexibility index (Phi) is 4.44. The number of nitrogens with one attached hydrogen (secondary N) is 1. The van der Waals surface area contributed by atoms with E-state index in [0.717, 1.165) is 11.3 Å². The summed E-state index contributed by atoms with van der Waals surface area (Å²) in [5.74, 6) is 0.936. The second kappa shape index (κ2) is 7.08. The zero-order valence-corrected chi connectivity index (χ0v) is 15.4. The maximum atomic E-state index is 12.9. The van der Waals surface area contributed by atoms with Crippen molar-refractivity contribution in [3.63, 3.8) is 0 Å². The fourth-order valence-corrected chi connectivity index (χ4v) is 3.10. The van der Waals surface area contributed by atoms with Crippen LogP contribution in [0.1, 0.15) is 15.9 Å². The van der Waals surface area contributed by atoms with Crippen molar-refractivity contribution in [2.45, 2.75) is 0 Å². The number of methoxy groups -OCH3 is 1. The number of rotatable bonds is 5. The maximum absolute atomic E-state index is 12.9. The number of aromatic nitrogens is 2. The molecule has 4 aromatic rings. The van der Waals surface area contributed by atoms with Gasteiger partial charge in [0, 0.05) is 28.8 Å². The largest absolute Gasteiger partial charge is 0.497 e. The maximum Gasteiger partial charge on any atom is 0.270 e. The number of ether oxygens (including phenoxy) is 1. The number of anilines is 1. The number of carbonyl (C=O) groups is 1. The van der Waals surface area contributed by atoms with Crippen LogP contribution in [0.25, 0.3) is 22.4 Å². The quantitative estimate of drug-likeness (QED) is 0.231. The summed E-state index contributed by atoms with van der Waals surface area (Å²) < 4.78 is 5.16. The van der Waals surface area contributed by atoms with Crippen LogP contribution in [-0.4, -0.2) is 27.8 Å². The van der Waals surface area contributed by atoms with Crippen molar-refractivity contribution in [2.75, 3.05) is 12.8 Å². The summed E-state index contributed by atoms with van der Waals surface area (Å²) in [5.41, 5.74) is 8.72. The molecule has 144 valence electrons. The summed E-state index contributed by atoms with van der Waals surface area (Å²) in [6, 6.07) is 16.2. The molecule has 8 heteroatoms. The van der Waals surface area contributed by atoms with Crippen molar-refractivity contribution in [1.82, 2.24) is 9.97 Å². The number of aromatic amines is 1. The Morgan fingerprint density at radius 3 is 2.59 bits per heavy atom. The predicted molar refractivity (Wildman–Crippen MR) is 109 cm³/mol. The van der Waals surface area contributed by atoms with Crippen molar-refractivity contribution in [3.05, 3.63) is 81.9 Å². The monoisotopic (exact) mass is 388 g/mol. The smallest absolute Gasteiger partial charge is 0.270 e. The van der Waals surface area contributed by atoms with E-state index >= 15 is 0 Å². The van der Waals surface area contributed by atoms with Crippen LogP contribution >= 0.6 is 0 Å². The van der Waals surface area contributed by atoms with Crippen molar-refractivity contribution in [2.24, 2.45) is 0 Å². The van der Waals surface area contributed by atoms with Gasteiger partial charge in [-0.3, -0.25) is 14.9 Å². The fourth-order valence-electron chi connectivity index (χ4n) is 3.10. The number of carbonyl (C=O) groups excluding carboxylic acids is 1. The summed E-state index contributed by atoms with van der Waals surface area (Å²) >= 11 is 0. The van der Waals surface area contributed by atoms with Gasteiger partial charge in [-0.15, -0.1) is 0 Å². The number of hydrogen-bond donors (Lipinski definition) is 2. The third-order valence-corrected chi connectivity index (χ3v) is 4.62. The molecular weight excluding hydrogens is 372 g/mol. The topological polar surface area (TPSA) is 124 Å². The second-order valence-corrected chi connectivity index (χ2v) is 6.37. The molecule has 1 aromatic heterocycles. The van der Waals surface area contributed by atoms with E-state index in [1.54, 1.807) is 19.2 Å². The van der Waals surface area contributed by atoms with Crippen molar-refractivity contribution < 1.29 is 14.5 Å². The van der Waals surface area contributed by atoms with Gasteiger partial charge in [-0.2, -0.15) is 0 Å². The van der Waals surface area contributed by atoms with E-state index in [2.05, 4.69) is 9.97 Å². The number of benzene rings is 3. The fraction of sp³-hybridized carbons (Fsp3) is 0.0476. The van der Waals surface area contributed by atoms with Crippen molar-refractivity contribution in [3.8, 4) is 17.1 Å². The highest BCUT2D eigenvalue weighted by Gasteiger charge is 2.19. The van der Waals surface area contributed by atoms with Gasteiger partial charge in [0.15, 0.2) is 5.78 Å². The Hall–Kier alpha value is -4.20. The first-order valence-corrected chi connectivity index (χ1v) is 8.69. The number of nitrogens with zero attached hydrogens (tertiary/aromatic N) is 2. The van der Waals surface area contributed by atoms with Gasteiger partial charge < -0.3 is 15.5 Å². The molecule has 0 fully saturated rings. The van der Waals surface area contributed by atoms with E-state index in [1.165, 1.54) is 24.3 Å². The zero-order valence-electron chi connectivity index (χ0n) is 15.4. The number of hydrogen-bond acceptors (Lipinski definition) is 6. The second-order valence-electron chi connectivity index (χ2n) is 6.37. The van der Waals surface area contributed by atoms with E-state index in [0.29, 0.717) is 16.9 Å². The van der Waals surface area contributed by atoms with E-state index in [9.17, 15) is 14.9 Å². The molecule has 0 amide bonds. The molecule has 0 unspecified atom stereocenters. The number of nitrogens with two attached hydrogens (primary N) is 1. The standard InChI is InChI=1S/C21H16N4O4/c1-29-15-7-5-12(6-8-15)21-23-17-10-9-16(18(22)19(17)24-21)20(26)13-3-2-4-14(11-13)25(27)28/h2-11H,22H2,1H3,(H,23,24). The molecule has 3 aromatic carbocycles. The van der Waals surface area contributed by atoms with Crippen molar-refractivity contribution >= 4 is 28.2 Å². The van der Waals surface area contributed by atoms with Gasteiger partial charge in [-0.05, 0) is 36.4 Å². The number of H-pyrrole nitrogens is 1. The molecular formula is C21H16N4O4. The lowest BCUT2D eigenvalue weighted by Gasteiger charge is -2.05. The molecule has 0 aliphatic heterocycles. The van der Waals surface area contributed by atoms with Crippen LogP contribution in [0.2, 0.25) is 0 Å². The summed E-state index contributed by atoms with van der Waals surface area (Å²) in [5, 5.41) is 11.0. The number of non-ortho nitro benzene ring substituents is 1. The first-order chi connectivity index (χ1) is 14.0. The zero-order chi connectivity index (χ0) is 20.5. The molecule has 0 spiro atoms. The highest BCUT2D eigenvalue weighted by Crippen LogP contribution is 2.29. The third-order valence-electron chi connectivity index (χ3n) is 4.62. The van der Waals surface area contributed by atoms with Gasteiger partial charge in [0.1, 0.15) is 17.1 Å². The highest BCUT2D eigenvalue weighted by molar-refractivity contribution is 6.15. The Bertz CT molecular complexity index is 1250. The van der Waals surface area contributed by atoms with Crippen LogP contribution in [0.3, 0.4) is 0 Å². The minimum absolute atomic E-state index is 0.155. The lowest BCUT2D eigenvalue weighted by molar-refractivity contribution is -0.384. The van der Waals surface area contributed by atoms with Crippen LogP contribution in [0, 0.1) is 10.1 Å². The Balaban J connectivity index is 1.75. The molecule has 0 aliphatic rings. The Morgan fingerprint density at radius 2 is 1.90 bits per heavy atom. The highest BCUT2D eigenvalue weighted by atomic mass is 16.6. The number of nitrogen functional groups attached to an aromatic ring is 1. The van der Waals surface area contributed by atoms with Crippen LogP contribution in [0.4, 0.5) is 11.4 Å². The van der Waals surface area contributed by atoms with E-state index in [4.69, 9.17) is 10.5 Å². The first kappa shape index (κ1) is 18.2. The average Bonchev–Trinajstić information content (AvgIpc) is 3.19. The predicted octanol–water partition coefficient (Wildman–Crippen LogP) is 3.96. The number of nitro groups is 1. The van der Waals surface area contributed by atoms with Crippen molar-refractivity contribution in [1.29, 1.82) is 0 Å². The number of nitro benzene ring substituents is 1. The Morgan fingerprint density at radius 1 is 1.14 bits per heavy atom. The summed E-state index contributed by atoms with van der Waals surface area (Å²) in [4.78, 5) is 31.0. The summed E-state index contributed by atoms with van der Waals surface area (Å²) in [6.07, 6.45) is 0. The molecule has 4 rings (SSSR count). The van der Waals surface area contributed by atoms with Gasteiger partial charge >= 0.3 is 0 Å². The molecule has 8 nitrogen and oxygen atoms in total. The first-order valence-electron chi connectivity index (χ1n) is 8.69. The minimum atomic E-state index is -0.543. The number of fused-ring (bicyclic) bond motifs is 1. The molecule has 0 saturated heterocycles. The molecule has 1 heterocycles. The van der Waals surface area contributed by atoms with Crippen LogP contribution in [0.15, 0.2) is 60.7 Å². The van der Waals surface area contributed by atoms with E-state index in [1.807, 2.05) is 24.3 Å². The lowest BCUT2D eigenvalue weighted by atomic mass is 10.0. The Labute approximate surface area is 165 Å². The van der Waals surface area contributed by atoms with Crippen LogP contribution in [0.5, 0.6) is 5.75 Å². The van der Waals surface area contributed by atoms with Gasteiger partial charge in [0.05, 0.1) is 23.2 Å². The molecule has 0 saturated carbocycles. The third kappa shape index (κ3) is 3.27. The normalized spacial score (nSPS) is 10.8. The lowest BCUT2D eigenvalue weighted by Crippen LogP contribution is -2.06. The number of imidazole rings is 1. The summed E-state index contributed by atoms with van der Waals surface area (Å²) in [7, 11) is 1.59. The molecule has 29 heavy (non-hydrogen) atoms. The number of ketones is 1. The molecule has 0 aliphatic carbocycles. The molecule has 0 bridgehead atoms. The van der Waals surface area contributed by atoms with E-state index < -0.39 is 10.7 Å². The van der Waals surface area contributed by atoms with Crippen LogP contribution < -0.4 is 10.5 Å². The van der Waals surface area contributed by atoms with Gasteiger partial charge in [0.25, 0.3) is 5.69 Å². The average molecular weight is 388 g/mol. The molecule has 0 atom stereocenters. The van der Waals surface area contributed by atoms with Gasteiger partial charge in [-0.25, -0.2) is 4.98 Å². The van der Waals surface area contributed by atoms with Gasteiger partial charge in [0.2, 0.25) is 0 Å². The molecule has 3 N–H and O–H groups in total. The van der Waals surface area contributed by atoms with E-state index in [-0.39, 0.29) is 22.5 Å². The summed E-state index contributed by atoms with van der Waals surface area (Å²) in [6.45, 7) is 0. The minimum Gasteiger partial charge on any atom is -0.497 e. The van der Waals surface area contributed by atoms with Crippen LogP contribution in [-0.2, 0) is 0 Å². The molecule has 0 radical (unpaired) electrons. The van der Waals surface area contributed by atoms with Gasteiger partial charge in [-0.1, -0.05) is 12.1 Å². The SMILES string of the molecule is COc1ccc(-c2nc3c(N)c(C(=O)c4cccc([N+](=O)[O-])c4)ccc3[nH]2)cc1.